The molecule has 0 aliphatic carbocycles. The predicted molar refractivity (Wildman–Crippen MR) is 58.0 cm³/mol. The van der Waals surface area contributed by atoms with Gasteiger partial charge in [-0.15, -0.1) is 0 Å². The highest BCUT2D eigenvalue weighted by Gasteiger charge is 2.21. The van der Waals surface area contributed by atoms with Crippen LogP contribution < -0.4 is 15.4 Å². The van der Waals surface area contributed by atoms with Crippen LogP contribution in [0.2, 0.25) is 5.02 Å². The van der Waals surface area contributed by atoms with Crippen molar-refractivity contribution < 1.29 is 19.4 Å². The Morgan fingerprint density at radius 1 is 1.44 bits per heavy atom. The second kappa shape index (κ2) is 4.78. The molecule has 0 fully saturated rings. The largest absolute Gasteiger partial charge is 0.506 e. The highest BCUT2D eigenvalue weighted by atomic mass is 35.5. The minimum atomic E-state index is -0.0111. The Hall–Kier alpha value is -1.17. The Labute approximate surface area is 97.6 Å². The van der Waals surface area contributed by atoms with Crippen LogP contribution in [0.1, 0.15) is 5.56 Å². The van der Waals surface area contributed by atoms with Gasteiger partial charge in [-0.2, -0.15) is 0 Å². The van der Waals surface area contributed by atoms with Gasteiger partial charge in [0, 0.05) is 12.0 Å². The molecule has 2 rings (SSSR count). The van der Waals surface area contributed by atoms with Crippen LogP contribution in [0.4, 0.5) is 0 Å². The summed E-state index contributed by atoms with van der Waals surface area (Å²) in [5.74, 6) is 5.85. The van der Waals surface area contributed by atoms with Gasteiger partial charge in [-0.05, 0) is 6.07 Å². The van der Waals surface area contributed by atoms with Crippen molar-refractivity contribution in [1.29, 1.82) is 0 Å². The normalized spacial score (nSPS) is 13.9. The van der Waals surface area contributed by atoms with E-state index in [1.807, 2.05) is 0 Å². The van der Waals surface area contributed by atoms with Crippen molar-refractivity contribution in [2.45, 2.75) is 6.42 Å². The molecule has 0 unspecified atom stereocenters. The summed E-state index contributed by atoms with van der Waals surface area (Å²) in [6.07, 6.45) is 0.457. The van der Waals surface area contributed by atoms with Crippen LogP contribution in [0.15, 0.2) is 6.07 Å². The van der Waals surface area contributed by atoms with E-state index in [9.17, 15) is 5.11 Å². The third-order valence-electron chi connectivity index (χ3n) is 2.32. The number of rotatable bonds is 3. The second-order valence-corrected chi connectivity index (χ2v) is 3.72. The molecule has 16 heavy (non-hydrogen) atoms. The minimum absolute atomic E-state index is 0.0111. The summed E-state index contributed by atoms with van der Waals surface area (Å²) in [6, 6.07) is 1.69. The molecule has 0 saturated carbocycles. The van der Waals surface area contributed by atoms with E-state index in [2.05, 4.69) is 4.84 Å². The fourth-order valence-corrected chi connectivity index (χ4v) is 1.81. The molecule has 3 N–H and O–H groups in total. The molecule has 6 heteroatoms. The zero-order chi connectivity index (χ0) is 11.5. The molecule has 0 atom stereocenters. The predicted octanol–water partition coefficient (Wildman–Crippen LogP) is 1.25. The van der Waals surface area contributed by atoms with Crippen molar-refractivity contribution in [2.75, 3.05) is 19.8 Å². The van der Waals surface area contributed by atoms with Crippen LogP contribution >= 0.6 is 11.6 Å². The molecule has 5 nitrogen and oxygen atoms in total. The van der Waals surface area contributed by atoms with E-state index in [1.165, 1.54) is 0 Å². The summed E-state index contributed by atoms with van der Waals surface area (Å²) in [6.45, 7) is 1.20. The van der Waals surface area contributed by atoms with E-state index in [4.69, 9.17) is 27.0 Å². The zero-order valence-electron chi connectivity index (χ0n) is 8.53. The van der Waals surface area contributed by atoms with E-state index in [0.717, 1.165) is 0 Å². The van der Waals surface area contributed by atoms with Gasteiger partial charge >= 0.3 is 0 Å². The molecule has 0 radical (unpaired) electrons. The van der Waals surface area contributed by atoms with Gasteiger partial charge in [0.15, 0.2) is 11.5 Å². The molecule has 1 aliphatic rings. The van der Waals surface area contributed by atoms with Crippen molar-refractivity contribution in [3.8, 4) is 17.2 Å². The molecule has 0 saturated heterocycles. The number of phenols is 1. The number of fused-ring (bicyclic) bond motifs is 1. The van der Waals surface area contributed by atoms with Gasteiger partial charge in [-0.3, -0.25) is 0 Å². The van der Waals surface area contributed by atoms with Crippen molar-refractivity contribution in [1.82, 2.24) is 0 Å². The number of phenolic OH excluding ortho intramolecular Hbond substituents is 1. The van der Waals surface area contributed by atoms with Crippen LogP contribution in [0, 0.1) is 0 Å². The summed E-state index contributed by atoms with van der Waals surface area (Å²) < 4.78 is 10.7. The van der Waals surface area contributed by atoms with E-state index >= 15 is 0 Å². The zero-order valence-corrected chi connectivity index (χ0v) is 9.29. The highest BCUT2D eigenvalue weighted by molar-refractivity contribution is 6.33. The number of ether oxygens (including phenoxy) is 2. The van der Waals surface area contributed by atoms with Gasteiger partial charge in [0.25, 0.3) is 0 Å². The van der Waals surface area contributed by atoms with Crippen molar-refractivity contribution >= 4 is 11.6 Å². The molecule has 0 spiro atoms. The average Bonchev–Trinajstić information content (AvgIpc) is 2.32. The Balaban J connectivity index is 2.36. The van der Waals surface area contributed by atoms with Crippen LogP contribution in [0.5, 0.6) is 17.2 Å². The maximum atomic E-state index is 9.82. The second-order valence-electron chi connectivity index (χ2n) is 3.34. The molecule has 1 heterocycles. The lowest BCUT2D eigenvalue weighted by Crippen LogP contribution is -2.16. The first-order valence-electron chi connectivity index (χ1n) is 4.85. The maximum Gasteiger partial charge on any atom is 0.183 e. The first-order chi connectivity index (χ1) is 7.74. The van der Waals surface area contributed by atoms with Gasteiger partial charge in [0.05, 0.1) is 6.61 Å². The van der Waals surface area contributed by atoms with E-state index in [0.29, 0.717) is 43.3 Å². The number of hydrogen-bond acceptors (Lipinski definition) is 5. The molecule has 0 aromatic heterocycles. The molecular formula is C10H12ClNO4. The number of hydrogen-bond donors (Lipinski definition) is 2. The van der Waals surface area contributed by atoms with Crippen LogP contribution in [-0.4, -0.2) is 24.9 Å². The van der Waals surface area contributed by atoms with E-state index < -0.39 is 0 Å². The van der Waals surface area contributed by atoms with Gasteiger partial charge in [-0.25, -0.2) is 5.90 Å². The topological polar surface area (TPSA) is 73.9 Å². The third kappa shape index (κ3) is 2.02. The Morgan fingerprint density at radius 2 is 2.19 bits per heavy atom. The van der Waals surface area contributed by atoms with Gasteiger partial charge in [0.2, 0.25) is 0 Å². The Morgan fingerprint density at radius 3 is 2.94 bits per heavy atom. The lowest BCUT2D eigenvalue weighted by atomic mass is 10.1. The molecule has 0 amide bonds. The third-order valence-corrected chi connectivity index (χ3v) is 2.67. The number of halogens is 1. The lowest BCUT2D eigenvalue weighted by molar-refractivity contribution is 0.140. The summed E-state index contributed by atoms with van der Waals surface area (Å²) >= 11 is 5.97. The van der Waals surface area contributed by atoms with Gasteiger partial charge in [-0.1, -0.05) is 11.6 Å². The Kier molecular flexibility index (Phi) is 3.38. The molecule has 88 valence electrons. The van der Waals surface area contributed by atoms with Gasteiger partial charge in [0.1, 0.15) is 24.0 Å². The van der Waals surface area contributed by atoms with Crippen molar-refractivity contribution in [3.05, 3.63) is 16.7 Å². The fourth-order valence-electron chi connectivity index (χ4n) is 1.55. The number of nitrogens with two attached hydrogens (primary N) is 1. The summed E-state index contributed by atoms with van der Waals surface area (Å²) in [5.41, 5.74) is 0.625. The molecule has 1 aromatic rings. The molecule has 1 aliphatic heterocycles. The van der Waals surface area contributed by atoms with Crippen LogP contribution in [-0.2, 0) is 11.3 Å². The van der Waals surface area contributed by atoms with E-state index in [1.54, 1.807) is 6.07 Å². The summed E-state index contributed by atoms with van der Waals surface area (Å²) in [7, 11) is 0. The number of aromatic hydroxyl groups is 1. The van der Waals surface area contributed by atoms with Crippen LogP contribution in [0.25, 0.3) is 0 Å². The van der Waals surface area contributed by atoms with Crippen molar-refractivity contribution in [3.63, 3.8) is 0 Å². The smallest absolute Gasteiger partial charge is 0.183 e. The van der Waals surface area contributed by atoms with Crippen molar-refractivity contribution in [2.24, 2.45) is 5.90 Å². The van der Waals surface area contributed by atoms with Crippen LogP contribution in [0.3, 0.4) is 0 Å². The first kappa shape index (κ1) is 11.3. The monoisotopic (exact) mass is 245 g/mol. The summed E-state index contributed by atoms with van der Waals surface area (Å²) in [5, 5.41) is 9.99. The Bertz CT molecular complexity index is 397. The first-order valence-corrected chi connectivity index (χ1v) is 5.23. The fraction of sp³-hybridized carbons (Fsp3) is 0.400. The standard InChI is InChI=1S/C10H12ClNO4/c11-8-9(13)6(1-2-16-12)5-7-10(8)15-4-3-14-7/h5,13H,1-4,12H2. The molecular weight excluding hydrogens is 234 g/mol. The minimum Gasteiger partial charge on any atom is -0.506 e. The maximum absolute atomic E-state index is 9.82. The molecule has 0 bridgehead atoms. The lowest BCUT2D eigenvalue weighted by Gasteiger charge is -2.21. The average molecular weight is 246 g/mol. The highest BCUT2D eigenvalue weighted by Crippen LogP contribution is 2.44. The molecule has 1 aromatic carbocycles. The summed E-state index contributed by atoms with van der Waals surface area (Å²) in [4.78, 5) is 4.46. The van der Waals surface area contributed by atoms with E-state index in [-0.39, 0.29) is 10.8 Å². The SMILES string of the molecule is NOCCc1cc2c(c(Cl)c1O)OCCO2. The quantitative estimate of drug-likeness (QED) is 0.784. The number of benzene rings is 1. The van der Waals surface area contributed by atoms with Gasteiger partial charge < -0.3 is 19.4 Å².